The van der Waals surface area contributed by atoms with Gasteiger partial charge in [-0.2, -0.15) is 0 Å². The molecule has 1 aliphatic heterocycles. The topological polar surface area (TPSA) is 117 Å². The SMILES string of the molecule is CCCC[C@H](NC(=O)N[C@@H](c1ccc2c(c1)OCO2)C(C)(C)C(=O)O)C(=O)N(Cc1cccs1)Cc1cccs1. The number of benzene rings is 1. The number of carboxylic acids is 1. The number of thiophene rings is 2. The summed E-state index contributed by atoms with van der Waals surface area (Å²) in [5.41, 5.74) is -0.807. The maximum absolute atomic E-state index is 13.9. The summed E-state index contributed by atoms with van der Waals surface area (Å²) in [6, 6.07) is 10.7. The summed E-state index contributed by atoms with van der Waals surface area (Å²) in [6.45, 7) is 6.08. The minimum absolute atomic E-state index is 0.0777. The van der Waals surface area contributed by atoms with Crippen LogP contribution in [0.2, 0.25) is 0 Å². The molecule has 1 aromatic carbocycles. The number of aliphatic carboxylic acids is 1. The van der Waals surface area contributed by atoms with E-state index in [9.17, 15) is 19.5 Å². The predicted molar refractivity (Wildman–Crippen MR) is 155 cm³/mol. The maximum atomic E-state index is 13.9. The van der Waals surface area contributed by atoms with Crippen molar-refractivity contribution < 1.29 is 29.0 Å². The van der Waals surface area contributed by atoms with Crippen LogP contribution in [-0.4, -0.2) is 40.7 Å². The first-order valence-electron chi connectivity index (χ1n) is 13.2. The summed E-state index contributed by atoms with van der Waals surface area (Å²) in [5.74, 6) is -0.212. The Morgan fingerprint density at radius 1 is 1.00 bits per heavy atom. The number of hydrogen-bond acceptors (Lipinski definition) is 7. The van der Waals surface area contributed by atoms with E-state index >= 15 is 0 Å². The minimum Gasteiger partial charge on any atom is -0.481 e. The summed E-state index contributed by atoms with van der Waals surface area (Å²) in [5, 5.41) is 19.7. The molecule has 0 spiro atoms. The number of rotatable bonds is 13. The van der Waals surface area contributed by atoms with Crippen molar-refractivity contribution in [3.05, 3.63) is 68.5 Å². The van der Waals surface area contributed by atoms with Crippen LogP contribution in [-0.2, 0) is 22.7 Å². The van der Waals surface area contributed by atoms with Gasteiger partial charge in [0.05, 0.1) is 24.5 Å². The Morgan fingerprint density at radius 3 is 2.23 bits per heavy atom. The highest BCUT2D eigenvalue weighted by molar-refractivity contribution is 7.10. The van der Waals surface area contributed by atoms with Gasteiger partial charge in [-0.25, -0.2) is 4.79 Å². The fourth-order valence-electron chi connectivity index (χ4n) is 4.51. The molecule has 4 rings (SSSR count). The number of unbranched alkanes of at least 4 members (excludes halogenated alkanes) is 1. The molecule has 0 fully saturated rings. The zero-order valence-electron chi connectivity index (χ0n) is 22.8. The standard InChI is InChI=1S/C29H35N3O6S2/c1-4-5-10-22(26(33)32(16-20-8-6-13-39-20)17-21-9-7-14-40-21)30-28(36)31-25(29(2,3)27(34)35)19-11-12-23-24(15-19)38-18-37-23/h6-9,11-15,22,25H,4-5,10,16-18H2,1-3H3,(H,34,35)(H2,30,31,36)/t22-,25-/m0/s1. The van der Waals surface area contributed by atoms with Crippen LogP contribution in [0, 0.1) is 5.41 Å². The second-order valence-electron chi connectivity index (χ2n) is 10.2. The van der Waals surface area contributed by atoms with Crippen molar-refractivity contribution in [1.82, 2.24) is 15.5 Å². The van der Waals surface area contributed by atoms with Gasteiger partial charge in [-0.15, -0.1) is 22.7 Å². The van der Waals surface area contributed by atoms with E-state index < -0.39 is 29.5 Å². The van der Waals surface area contributed by atoms with Crippen LogP contribution in [0.4, 0.5) is 4.79 Å². The number of hydrogen-bond donors (Lipinski definition) is 3. The van der Waals surface area contributed by atoms with Crippen molar-refractivity contribution in [2.45, 2.75) is 65.2 Å². The van der Waals surface area contributed by atoms with Crippen molar-refractivity contribution in [3.63, 3.8) is 0 Å². The van der Waals surface area contributed by atoms with Gasteiger partial charge in [0.1, 0.15) is 6.04 Å². The number of carboxylic acid groups (broad SMARTS) is 1. The van der Waals surface area contributed by atoms with Gasteiger partial charge in [-0.1, -0.05) is 38.0 Å². The van der Waals surface area contributed by atoms with E-state index in [1.54, 1.807) is 59.6 Å². The van der Waals surface area contributed by atoms with E-state index in [-0.39, 0.29) is 12.7 Å². The number of ether oxygens (including phenoxy) is 2. The number of amides is 3. The van der Waals surface area contributed by atoms with Gasteiger partial charge >= 0.3 is 12.0 Å². The normalized spacial score (nSPS) is 13.9. The number of urea groups is 1. The van der Waals surface area contributed by atoms with E-state index in [0.717, 1.165) is 22.6 Å². The molecule has 11 heteroatoms. The molecule has 0 aliphatic carbocycles. The molecule has 1 aliphatic rings. The van der Waals surface area contributed by atoms with Crippen molar-refractivity contribution in [1.29, 1.82) is 0 Å². The van der Waals surface area contributed by atoms with Crippen LogP contribution in [0.3, 0.4) is 0 Å². The van der Waals surface area contributed by atoms with Gasteiger partial charge in [-0.05, 0) is 60.9 Å². The smallest absolute Gasteiger partial charge is 0.315 e. The van der Waals surface area contributed by atoms with E-state index in [1.165, 1.54) is 0 Å². The highest BCUT2D eigenvalue weighted by Gasteiger charge is 2.40. The third kappa shape index (κ3) is 7.14. The van der Waals surface area contributed by atoms with Crippen LogP contribution in [0.5, 0.6) is 11.5 Å². The van der Waals surface area contributed by atoms with Crippen molar-refractivity contribution in [3.8, 4) is 11.5 Å². The Hall–Kier alpha value is -3.57. The van der Waals surface area contributed by atoms with Gasteiger partial charge in [0.15, 0.2) is 11.5 Å². The lowest BCUT2D eigenvalue weighted by atomic mass is 9.80. The summed E-state index contributed by atoms with van der Waals surface area (Å²) in [7, 11) is 0. The second-order valence-corrected chi connectivity index (χ2v) is 12.3. The average molecular weight is 586 g/mol. The number of nitrogens with one attached hydrogen (secondary N) is 2. The van der Waals surface area contributed by atoms with Crippen LogP contribution >= 0.6 is 22.7 Å². The highest BCUT2D eigenvalue weighted by atomic mass is 32.1. The predicted octanol–water partition coefficient (Wildman–Crippen LogP) is 5.78. The van der Waals surface area contributed by atoms with Crippen LogP contribution in [0.15, 0.2) is 53.2 Å². The number of carbonyl (C=O) groups is 3. The molecule has 0 unspecified atom stereocenters. The summed E-state index contributed by atoms with van der Waals surface area (Å²) >= 11 is 3.16. The summed E-state index contributed by atoms with van der Waals surface area (Å²) in [4.78, 5) is 43.4. The van der Waals surface area contributed by atoms with E-state index in [0.29, 0.717) is 36.6 Å². The molecule has 2 atom stereocenters. The molecule has 9 nitrogen and oxygen atoms in total. The van der Waals surface area contributed by atoms with Crippen LogP contribution in [0.25, 0.3) is 0 Å². The Balaban J connectivity index is 1.55. The van der Waals surface area contributed by atoms with E-state index in [1.807, 2.05) is 41.9 Å². The number of carbonyl (C=O) groups excluding carboxylic acids is 2. The van der Waals surface area contributed by atoms with Crippen molar-refractivity contribution in [2.24, 2.45) is 5.41 Å². The molecule has 40 heavy (non-hydrogen) atoms. The quantitative estimate of drug-likeness (QED) is 0.234. The molecular formula is C29H35N3O6S2. The lowest BCUT2D eigenvalue weighted by Crippen LogP contribution is -2.53. The molecule has 2 aromatic heterocycles. The largest absolute Gasteiger partial charge is 0.481 e. The summed E-state index contributed by atoms with van der Waals surface area (Å²) < 4.78 is 10.9. The Labute approximate surface area is 242 Å². The Kier molecular flexibility index (Phi) is 9.70. The van der Waals surface area contributed by atoms with Gasteiger partial charge in [0.2, 0.25) is 12.7 Å². The summed E-state index contributed by atoms with van der Waals surface area (Å²) in [6.07, 6.45) is 2.06. The highest BCUT2D eigenvalue weighted by Crippen LogP contribution is 2.39. The van der Waals surface area contributed by atoms with Crippen molar-refractivity contribution >= 4 is 40.6 Å². The van der Waals surface area contributed by atoms with Gasteiger partial charge < -0.3 is 30.1 Å². The number of fused-ring (bicyclic) bond motifs is 1. The zero-order chi connectivity index (χ0) is 28.7. The molecular weight excluding hydrogens is 550 g/mol. The lowest BCUT2D eigenvalue weighted by molar-refractivity contribution is -0.148. The van der Waals surface area contributed by atoms with Crippen molar-refractivity contribution in [2.75, 3.05) is 6.79 Å². The Morgan fingerprint density at radius 2 is 1.65 bits per heavy atom. The van der Waals surface area contributed by atoms with Gasteiger partial charge in [0.25, 0.3) is 0 Å². The third-order valence-electron chi connectivity index (χ3n) is 6.89. The zero-order valence-corrected chi connectivity index (χ0v) is 24.5. The third-order valence-corrected chi connectivity index (χ3v) is 8.62. The first kappa shape index (κ1) is 29.4. The van der Waals surface area contributed by atoms with Gasteiger partial charge in [0, 0.05) is 9.75 Å². The maximum Gasteiger partial charge on any atom is 0.315 e. The van der Waals surface area contributed by atoms with E-state index in [4.69, 9.17) is 9.47 Å². The molecule has 214 valence electrons. The Bertz CT molecular complexity index is 1260. The van der Waals surface area contributed by atoms with Crippen LogP contribution < -0.4 is 20.1 Å². The molecule has 3 amide bonds. The van der Waals surface area contributed by atoms with Gasteiger partial charge in [-0.3, -0.25) is 9.59 Å². The second kappa shape index (κ2) is 13.2. The fourth-order valence-corrected chi connectivity index (χ4v) is 5.95. The average Bonchev–Trinajstić information content (AvgIpc) is 3.72. The first-order valence-corrected chi connectivity index (χ1v) is 15.0. The molecule has 3 N–H and O–H groups in total. The minimum atomic E-state index is -1.36. The van der Waals surface area contributed by atoms with E-state index in [2.05, 4.69) is 10.6 Å². The molecule has 0 radical (unpaired) electrons. The molecule has 0 bridgehead atoms. The molecule has 3 heterocycles. The molecule has 0 saturated heterocycles. The molecule has 0 saturated carbocycles. The number of nitrogens with zero attached hydrogens (tertiary/aromatic N) is 1. The van der Waals surface area contributed by atoms with Crippen LogP contribution in [0.1, 0.15) is 61.4 Å². The lowest BCUT2D eigenvalue weighted by Gasteiger charge is -2.33. The molecule has 3 aromatic rings. The fraction of sp³-hybridized carbons (Fsp3) is 0.414. The first-order chi connectivity index (χ1) is 19.2. The monoisotopic (exact) mass is 585 g/mol.